The van der Waals surface area contributed by atoms with Crippen LogP contribution in [0.1, 0.15) is 163 Å². The Kier molecular flexibility index (Phi) is 32.6. The summed E-state index contributed by atoms with van der Waals surface area (Å²) < 4.78 is 4.62. The van der Waals surface area contributed by atoms with Crippen LogP contribution < -0.4 is 0 Å². The first-order valence-corrected chi connectivity index (χ1v) is 19.3. The zero-order chi connectivity index (χ0) is 26.5. The Balaban J connectivity index is 0. The van der Waals surface area contributed by atoms with E-state index in [1.807, 2.05) is 0 Å². The van der Waals surface area contributed by atoms with Crippen LogP contribution in [0.15, 0.2) is 0 Å². The molecule has 0 aromatic rings. The van der Waals surface area contributed by atoms with Crippen LogP contribution in [0.25, 0.3) is 0 Å². The Hall–Kier alpha value is 0.250. The molecular formula is C31H66O2PS+. The molecule has 0 fully saturated rings. The molecule has 0 aliphatic carbocycles. The van der Waals surface area contributed by atoms with Crippen LogP contribution in [0.5, 0.6) is 0 Å². The van der Waals surface area contributed by atoms with E-state index in [0.717, 1.165) is 18.6 Å². The highest BCUT2D eigenvalue weighted by atomic mass is 32.2. The first-order valence-electron chi connectivity index (χ1n) is 15.6. The van der Waals surface area contributed by atoms with Gasteiger partial charge in [0.1, 0.15) is 0 Å². The summed E-state index contributed by atoms with van der Waals surface area (Å²) in [6.45, 7) is 13.2. The Morgan fingerprint density at radius 3 is 1.17 bits per heavy atom. The van der Waals surface area contributed by atoms with Gasteiger partial charge in [0.05, 0.1) is 30.5 Å². The maximum Gasteiger partial charge on any atom is 0.314 e. The molecule has 0 saturated heterocycles. The van der Waals surface area contributed by atoms with Crippen molar-refractivity contribution in [2.75, 3.05) is 30.9 Å². The van der Waals surface area contributed by atoms with Crippen LogP contribution in [0.2, 0.25) is 0 Å². The molecule has 4 heteroatoms. The third-order valence-corrected chi connectivity index (χ3v) is 11.9. The van der Waals surface area contributed by atoms with Gasteiger partial charge < -0.3 is 4.18 Å². The van der Waals surface area contributed by atoms with Crippen molar-refractivity contribution in [3.05, 3.63) is 0 Å². The first-order chi connectivity index (χ1) is 17.0. The van der Waals surface area contributed by atoms with Crippen LogP contribution in [-0.4, -0.2) is 36.9 Å². The SMILES string of the molecule is CCCCCCCC[P+](C)(CCCCCCCC)CCCCCCCC.CCCCSOC(C)=O. The quantitative estimate of drug-likeness (QED) is 0.0663. The second-order valence-corrected chi connectivity index (χ2v) is 16.2. The van der Waals surface area contributed by atoms with Crippen molar-refractivity contribution in [2.24, 2.45) is 0 Å². The van der Waals surface area contributed by atoms with E-state index in [0.29, 0.717) is 0 Å². The molecule has 0 rings (SSSR count). The highest BCUT2D eigenvalue weighted by Crippen LogP contribution is 2.57. The number of hydrogen-bond donors (Lipinski definition) is 0. The zero-order valence-electron chi connectivity index (χ0n) is 25.1. The highest BCUT2D eigenvalue weighted by molar-refractivity contribution is 7.95. The summed E-state index contributed by atoms with van der Waals surface area (Å²) in [5.41, 5.74) is 0. The molecule has 0 aliphatic heterocycles. The molecule has 0 heterocycles. The number of carbonyl (C=O) groups excluding carboxylic acids is 1. The van der Waals surface area contributed by atoms with Gasteiger partial charge in [0.2, 0.25) is 0 Å². The Morgan fingerprint density at radius 2 is 0.857 bits per heavy atom. The number of rotatable bonds is 25. The van der Waals surface area contributed by atoms with Gasteiger partial charge in [-0.25, -0.2) is 0 Å². The van der Waals surface area contributed by atoms with Crippen molar-refractivity contribution in [3.63, 3.8) is 0 Å². The molecule has 0 N–H and O–H groups in total. The fourth-order valence-electron chi connectivity index (χ4n) is 4.48. The van der Waals surface area contributed by atoms with E-state index in [1.54, 1.807) is 18.5 Å². The molecule has 0 bridgehead atoms. The Labute approximate surface area is 227 Å². The zero-order valence-corrected chi connectivity index (χ0v) is 26.9. The van der Waals surface area contributed by atoms with E-state index in [-0.39, 0.29) is 5.97 Å². The molecule has 35 heavy (non-hydrogen) atoms. The van der Waals surface area contributed by atoms with Gasteiger partial charge in [-0.15, -0.1) is 0 Å². The smallest absolute Gasteiger partial charge is 0.314 e. The van der Waals surface area contributed by atoms with Crippen molar-refractivity contribution < 1.29 is 8.98 Å². The summed E-state index contributed by atoms with van der Waals surface area (Å²) in [6.07, 6.45) is 33.5. The van der Waals surface area contributed by atoms with Crippen LogP contribution in [0.3, 0.4) is 0 Å². The lowest BCUT2D eigenvalue weighted by molar-refractivity contribution is -0.130. The van der Waals surface area contributed by atoms with E-state index >= 15 is 0 Å². The molecular weight excluding hydrogens is 467 g/mol. The van der Waals surface area contributed by atoms with Gasteiger partial charge in [-0.2, -0.15) is 0 Å². The van der Waals surface area contributed by atoms with E-state index in [9.17, 15) is 4.79 Å². The highest BCUT2D eigenvalue weighted by Gasteiger charge is 2.29. The van der Waals surface area contributed by atoms with Crippen molar-refractivity contribution in [2.45, 2.75) is 163 Å². The summed E-state index contributed by atoms with van der Waals surface area (Å²) >= 11 is 1.24. The molecule has 0 aromatic carbocycles. The van der Waals surface area contributed by atoms with Gasteiger partial charge >= 0.3 is 5.97 Å². The first kappa shape index (κ1) is 37.4. The molecule has 0 aromatic heterocycles. The topological polar surface area (TPSA) is 26.3 Å². The van der Waals surface area contributed by atoms with Gasteiger partial charge in [0.15, 0.2) is 0 Å². The molecule has 0 atom stereocenters. The van der Waals surface area contributed by atoms with Crippen molar-refractivity contribution >= 4 is 25.3 Å². The van der Waals surface area contributed by atoms with E-state index < -0.39 is 7.26 Å². The average molecular weight is 534 g/mol. The largest absolute Gasteiger partial charge is 0.392 e. The lowest BCUT2D eigenvalue weighted by Crippen LogP contribution is -2.08. The van der Waals surface area contributed by atoms with Gasteiger partial charge in [-0.3, -0.25) is 4.79 Å². The Bertz CT molecular complexity index is 376. The molecule has 0 radical (unpaired) electrons. The number of unbranched alkanes of at least 4 members (excludes halogenated alkanes) is 16. The van der Waals surface area contributed by atoms with E-state index in [4.69, 9.17) is 0 Å². The molecule has 212 valence electrons. The third-order valence-electron chi connectivity index (χ3n) is 6.91. The third kappa shape index (κ3) is 32.2. The maximum absolute atomic E-state index is 10.2. The monoisotopic (exact) mass is 533 g/mol. The predicted molar refractivity (Wildman–Crippen MR) is 167 cm³/mol. The maximum atomic E-state index is 10.2. The fourth-order valence-corrected chi connectivity index (χ4v) is 8.77. The van der Waals surface area contributed by atoms with Gasteiger partial charge in [0.25, 0.3) is 0 Å². The molecule has 2 nitrogen and oxygen atoms in total. The Morgan fingerprint density at radius 1 is 0.543 bits per heavy atom. The van der Waals surface area contributed by atoms with Crippen LogP contribution in [-0.2, 0) is 8.98 Å². The summed E-state index contributed by atoms with van der Waals surface area (Å²) in [5.74, 6) is 0.701. The normalized spacial score (nSPS) is 11.3. The van der Waals surface area contributed by atoms with Crippen molar-refractivity contribution in [1.82, 2.24) is 0 Å². The van der Waals surface area contributed by atoms with E-state index in [1.165, 1.54) is 135 Å². The summed E-state index contributed by atoms with van der Waals surface area (Å²) in [7, 11) is -0.636. The van der Waals surface area contributed by atoms with Gasteiger partial charge in [-0.05, 0) is 44.9 Å². The molecule has 0 unspecified atom stereocenters. The summed E-state index contributed by atoms with van der Waals surface area (Å²) in [4.78, 5) is 10.2. The summed E-state index contributed by atoms with van der Waals surface area (Å²) in [5, 5.41) is 0. The van der Waals surface area contributed by atoms with Crippen LogP contribution in [0, 0.1) is 0 Å². The number of carbonyl (C=O) groups is 1. The van der Waals surface area contributed by atoms with Crippen molar-refractivity contribution in [3.8, 4) is 0 Å². The lowest BCUT2D eigenvalue weighted by atomic mass is 10.1. The second-order valence-electron chi connectivity index (χ2n) is 10.8. The van der Waals surface area contributed by atoms with Crippen LogP contribution in [0.4, 0.5) is 0 Å². The van der Waals surface area contributed by atoms with Crippen LogP contribution >= 0.6 is 19.3 Å². The molecule has 0 saturated carbocycles. The lowest BCUT2D eigenvalue weighted by Gasteiger charge is -2.24. The second kappa shape index (κ2) is 30.5. The number of hydrogen-bond acceptors (Lipinski definition) is 3. The molecule has 0 aliphatic rings. The van der Waals surface area contributed by atoms with Crippen molar-refractivity contribution in [1.29, 1.82) is 0 Å². The minimum Gasteiger partial charge on any atom is -0.392 e. The average Bonchev–Trinajstić information content (AvgIpc) is 2.84. The minimum absolute atomic E-state index is 0.212. The standard InChI is InChI=1S/C25H54P.C6H12O2S/c1-5-8-11-14-17-20-23-26(4,24-21-18-15-12-9-6-2)25-22-19-16-13-10-7-3;1-3-4-5-9-8-6(2)7/h5-25H2,1-4H3;3-5H2,1-2H3/q+1;. The van der Waals surface area contributed by atoms with E-state index in [2.05, 4.69) is 38.5 Å². The van der Waals surface area contributed by atoms with Gasteiger partial charge in [-0.1, -0.05) is 111 Å². The van der Waals surface area contributed by atoms with Gasteiger partial charge in [0, 0.05) is 26.6 Å². The summed E-state index contributed by atoms with van der Waals surface area (Å²) in [6, 6.07) is 0. The minimum atomic E-state index is -0.636. The molecule has 0 spiro atoms. The predicted octanol–water partition coefficient (Wildman–Crippen LogP) is 11.7. The molecule has 0 amide bonds. The fraction of sp³-hybridized carbons (Fsp3) is 0.968.